The third-order valence-corrected chi connectivity index (χ3v) is 3.66. The van der Waals surface area contributed by atoms with Gasteiger partial charge in [0.15, 0.2) is 0 Å². The lowest BCUT2D eigenvalue weighted by Crippen LogP contribution is -2.26. The van der Waals surface area contributed by atoms with Gasteiger partial charge in [-0.05, 0) is 58.1 Å². The van der Waals surface area contributed by atoms with Gasteiger partial charge in [-0.3, -0.25) is 4.68 Å². The van der Waals surface area contributed by atoms with E-state index >= 15 is 0 Å². The second-order valence-corrected chi connectivity index (χ2v) is 5.92. The minimum atomic E-state index is 0.466. The zero-order valence-electron chi connectivity index (χ0n) is 12.0. The van der Waals surface area contributed by atoms with Gasteiger partial charge in [-0.25, -0.2) is 0 Å². The van der Waals surface area contributed by atoms with Crippen molar-refractivity contribution < 1.29 is 0 Å². The van der Waals surface area contributed by atoms with E-state index in [-0.39, 0.29) is 0 Å². The van der Waals surface area contributed by atoms with Gasteiger partial charge < -0.3 is 5.32 Å². The fraction of sp³-hybridized carbons (Fsp3) is 0.800. The summed E-state index contributed by atoms with van der Waals surface area (Å²) in [7, 11) is 0. The van der Waals surface area contributed by atoms with E-state index in [2.05, 4.69) is 48.1 Å². The van der Waals surface area contributed by atoms with Crippen molar-refractivity contribution in [2.75, 3.05) is 6.54 Å². The maximum atomic E-state index is 4.66. The Hall–Kier alpha value is -0.830. The van der Waals surface area contributed by atoms with Gasteiger partial charge in [0.1, 0.15) is 0 Å². The van der Waals surface area contributed by atoms with Crippen molar-refractivity contribution in [1.82, 2.24) is 15.1 Å². The molecule has 1 fully saturated rings. The first-order valence-electron chi connectivity index (χ1n) is 7.46. The minimum absolute atomic E-state index is 0.466. The third-order valence-electron chi connectivity index (χ3n) is 3.66. The summed E-state index contributed by atoms with van der Waals surface area (Å²) in [5.41, 5.74) is 1.25. The zero-order chi connectivity index (χ0) is 13.0. The Balaban J connectivity index is 1.84. The molecule has 1 unspecified atom stereocenters. The molecule has 18 heavy (non-hydrogen) atoms. The Kier molecular flexibility index (Phi) is 4.81. The predicted octanol–water partition coefficient (Wildman–Crippen LogP) is 3.17. The quantitative estimate of drug-likeness (QED) is 0.767. The lowest BCUT2D eigenvalue weighted by atomic mass is 9.98. The van der Waals surface area contributed by atoms with E-state index < -0.39 is 0 Å². The summed E-state index contributed by atoms with van der Waals surface area (Å²) in [5.74, 6) is 0.742. The second kappa shape index (κ2) is 6.37. The van der Waals surface area contributed by atoms with Crippen LogP contribution in [0.25, 0.3) is 0 Å². The van der Waals surface area contributed by atoms with Crippen molar-refractivity contribution in [2.24, 2.45) is 5.92 Å². The largest absolute Gasteiger partial charge is 0.314 e. The highest BCUT2D eigenvalue weighted by atomic mass is 15.3. The molecule has 0 amide bonds. The minimum Gasteiger partial charge on any atom is -0.314 e. The molecule has 0 spiro atoms. The number of hydrogen-bond acceptors (Lipinski definition) is 2. The summed E-state index contributed by atoms with van der Waals surface area (Å²) in [6.07, 6.45) is 8.54. The van der Waals surface area contributed by atoms with E-state index in [1.807, 2.05) is 0 Å². The van der Waals surface area contributed by atoms with E-state index in [0.717, 1.165) is 24.9 Å². The Morgan fingerprint density at radius 3 is 2.78 bits per heavy atom. The Morgan fingerprint density at radius 1 is 1.44 bits per heavy atom. The molecule has 1 atom stereocenters. The Bertz CT molecular complexity index is 352. The molecule has 0 radical (unpaired) electrons. The van der Waals surface area contributed by atoms with Gasteiger partial charge in [-0.1, -0.05) is 13.3 Å². The maximum Gasteiger partial charge on any atom is 0.0627 e. The molecule has 0 aromatic carbocycles. The van der Waals surface area contributed by atoms with Crippen LogP contribution in [0.1, 0.15) is 58.2 Å². The van der Waals surface area contributed by atoms with Crippen LogP contribution in [0, 0.1) is 5.92 Å². The number of hydrogen-bond donors (Lipinski definition) is 1. The molecular formula is C15H27N3. The number of aromatic nitrogens is 2. The molecule has 1 aromatic heterocycles. The fourth-order valence-corrected chi connectivity index (χ4v) is 2.37. The van der Waals surface area contributed by atoms with Gasteiger partial charge in [0, 0.05) is 18.3 Å². The number of nitrogens with zero attached hydrogens (tertiary/aromatic N) is 2. The average Bonchev–Trinajstić information content (AvgIpc) is 3.04. The third kappa shape index (κ3) is 4.13. The predicted molar refractivity (Wildman–Crippen MR) is 75.7 cm³/mol. The molecule has 1 aliphatic carbocycles. The standard InChI is InChI=1S/C15H27N3/c1-4-5-13(11-16-14-6-7-14)10-15-8-9-18(17-15)12(2)3/h8-9,12-14,16H,4-7,10-11H2,1-3H3. The smallest absolute Gasteiger partial charge is 0.0627 e. The van der Waals surface area contributed by atoms with Crippen molar-refractivity contribution in [3.05, 3.63) is 18.0 Å². The van der Waals surface area contributed by atoms with Crippen molar-refractivity contribution in [3.8, 4) is 0 Å². The van der Waals surface area contributed by atoms with Crippen LogP contribution >= 0.6 is 0 Å². The summed E-state index contributed by atoms with van der Waals surface area (Å²) in [6.45, 7) is 7.79. The van der Waals surface area contributed by atoms with Crippen LogP contribution in [0.3, 0.4) is 0 Å². The molecule has 1 saturated carbocycles. The van der Waals surface area contributed by atoms with E-state index in [1.165, 1.54) is 31.4 Å². The fourth-order valence-electron chi connectivity index (χ4n) is 2.37. The number of rotatable bonds is 8. The zero-order valence-corrected chi connectivity index (χ0v) is 12.0. The molecule has 102 valence electrons. The van der Waals surface area contributed by atoms with Crippen molar-refractivity contribution in [3.63, 3.8) is 0 Å². The van der Waals surface area contributed by atoms with E-state index in [1.54, 1.807) is 0 Å². The SMILES string of the molecule is CCCC(CNC1CC1)Cc1ccn(C(C)C)n1. The molecule has 0 aliphatic heterocycles. The van der Waals surface area contributed by atoms with Gasteiger partial charge in [0.2, 0.25) is 0 Å². The molecule has 1 heterocycles. The molecule has 1 N–H and O–H groups in total. The monoisotopic (exact) mass is 249 g/mol. The molecule has 1 aliphatic rings. The molecule has 0 saturated heterocycles. The van der Waals surface area contributed by atoms with Gasteiger partial charge in [0.05, 0.1) is 5.69 Å². The van der Waals surface area contributed by atoms with Gasteiger partial charge in [-0.2, -0.15) is 5.10 Å². The van der Waals surface area contributed by atoms with Crippen LogP contribution < -0.4 is 5.32 Å². The van der Waals surface area contributed by atoms with E-state index in [9.17, 15) is 0 Å². The molecule has 0 bridgehead atoms. The Morgan fingerprint density at radius 2 is 2.22 bits per heavy atom. The highest BCUT2D eigenvalue weighted by Crippen LogP contribution is 2.20. The Labute approximate surface area is 111 Å². The second-order valence-electron chi connectivity index (χ2n) is 5.92. The van der Waals surface area contributed by atoms with Crippen molar-refractivity contribution in [2.45, 2.75) is 65.0 Å². The molecule has 2 rings (SSSR count). The van der Waals surface area contributed by atoms with Gasteiger partial charge in [0.25, 0.3) is 0 Å². The van der Waals surface area contributed by atoms with E-state index in [0.29, 0.717) is 6.04 Å². The lowest BCUT2D eigenvalue weighted by Gasteiger charge is -2.15. The molecule has 3 nitrogen and oxygen atoms in total. The van der Waals surface area contributed by atoms with Crippen LogP contribution in [0.5, 0.6) is 0 Å². The molecule has 1 aromatic rings. The van der Waals surface area contributed by atoms with Crippen LogP contribution in [-0.4, -0.2) is 22.4 Å². The van der Waals surface area contributed by atoms with Crippen LogP contribution in [-0.2, 0) is 6.42 Å². The van der Waals surface area contributed by atoms with Crippen molar-refractivity contribution in [1.29, 1.82) is 0 Å². The van der Waals surface area contributed by atoms with E-state index in [4.69, 9.17) is 0 Å². The van der Waals surface area contributed by atoms with Crippen LogP contribution in [0.4, 0.5) is 0 Å². The van der Waals surface area contributed by atoms with Crippen LogP contribution in [0.2, 0.25) is 0 Å². The molecular weight excluding hydrogens is 222 g/mol. The normalized spacial score (nSPS) is 17.3. The maximum absolute atomic E-state index is 4.66. The lowest BCUT2D eigenvalue weighted by molar-refractivity contribution is 0.428. The van der Waals surface area contributed by atoms with Crippen molar-refractivity contribution >= 4 is 0 Å². The topological polar surface area (TPSA) is 29.9 Å². The first-order chi connectivity index (χ1) is 8.69. The first-order valence-corrected chi connectivity index (χ1v) is 7.46. The first kappa shape index (κ1) is 13.6. The highest BCUT2D eigenvalue weighted by molar-refractivity contribution is 5.01. The average molecular weight is 249 g/mol. The van der Waals surface area contributed by atoms with Gasteiger partial charge >= 0.3 is 0 Å². The highest BCUT2D eigenvalue weighted by Gasteiger charge is 2.22. The summed E-state index contributed by atoms with van der Waals surface area (Å²) < 4.78 is 2.06. The molecule has 3 heteroatoms. The summed E-state index contributed by atoms with van der Waals surface area (Å²) >= 11 is 0. The number of nitrogens with one attached hydrogen (secondary N) is 1. The van der Waals surface area contributed by atoms with Crippen LogP contribution in [0.15, 0.2) is 12.3 Å². The summed E-state index contributed by atoms with van der Waals surface area (Å²) in [4.78, 5) is 0. The van der Waals surface area contributed by atoms with Gasteiger partial charge in [-0.15, -0.1) is 0 Å². The summed E-state index contributed by atoms with van der Waals surface area (Å²) in [6, 6.07) is 3.46. The summed E-state index contributed by atoms with van der Waals surface area (Å²) in [5, 5.41) is 8.32.